The molecule has 5 heteroatoms. The first-order chi connectivity index (χ1) is 19.0. The van der Waals surface area contributed by atoms with E-state index in [1.807, 2.05) is 24.3 Å². The summed E-state index contributed by atoms with van der Waals surface area (Å²) in [6.45, 7) is 1.23. The van der Waals surface area contributed by atoms with Crippen molar-refractivity contribution in [3.63, 3.8) is 0 Å². The fourth-order valence-electron chi connectivity index (χ4n) is 5.93. The summed E-state index contributed by atoms with van der Waals surface area (Å²) >= 11 is 0. The lowest BCUT2D eigenvalue weighted by Gasteiger charge is -2.26. The zero-order valence-corrected chi connectivity index (χ0v) is 21.8. The van der Waals surface area contributed by atoms with Gasteiger partial charge in [0.2, 0.25) is 0 Å². The number of fused-ring (bicyclic) bond motifs is 2. The zero-order chi connectivity index (χ0) is 26.8. The van der Waals surface area contributed by atoms with Crippen molar-refractivity contribution in [2.24, 2.45) is 11.8 Å². The number of hydrogen-bond donors (Lipinski definition) is 2. The Balaban J connectivity index is 1.31. The third kappa shape index (κ3) is 5.30. The van der Waals surface area contributed by atoms with Crippen LogP contribution < -0.4 is 5.32 Å². The summed E-state index contributed by atoms with van der Waals surface area (Å²) in [4.78, 5) is 25.0. The summed E-state index contributed by atoms with van der Waals surface area (Å²) in [5.74, 6) is -0.736. The molecule has 0 bridgehead atoms. The Kier molecular flexibility index (Phi) is 6.89. The third-order valence-corrected chi connectivity index (χ3v) is 8.13. The van der Waals surface area contributed by atoms with E-state index >= 15 is 0 Å². The summed E-state index contributed by atoms with van der Waals surface area (Å²) in [5.41, 5.74) is 4.85. The highest BCUT2D eigenvalue weighted by atomic mass is 16.4. The van der Waals surface area contributed by atoms with Gasteiger partial charge in [0.25, 0.3) is 5.91 Å². The molecule has 5 nitrogen and oxygen atoms in total. The lowest BCUT2D eigenvalue weighted by atomic mass is 9.82. The molecule has 196 valence electrons. The molecule has 6 rings (SSSR count). The number of rotatable bonds is 7. The van der Waals surface area contributed by atoms with Crippen LogP contribution in [0, 0.1) is 11.8 Å². The molecule has 1 saturated carbocycles. The van der Waals surface area contributed by atoms with Crippen LogP contribution in [0.25, 0.3) is 32.8 Å². The van der Waals surface area contributed by atoms with Gasteiger partial charge in [0, 0.05) is 24.7 Å². The first-order valence-corrected chi connectivity index (χ1v) is 13.7. The van der Waals surface area contributed by atoms with Crippen molar-refractivity contribution in [1.29, 1.82) is 0 Å². The molecule has 1 heterocycles. The monoisotopic (exact) mass is 516 g/mol. The zero-order valence-electron chi connectivity index (χ0n) is 21.8. The van der Waals surface area contributed by atoms with Gasteiger partial charge >= 0.3 is 5.97 Å². The summed E-state index contributed by atoms with van der Waals surface area (Å²) in [6, 6.07) is 31.3. The molecule has 39 heavy (non-hydrogen) atoms. The fraction of sp³-hybridized carbons (Fsp3) is 0.235. The maximum absolute atomic E-state index is 13.7. The minimum Gasteiger partial charge on any atom is -0.481 e. The Bertz CT molecular complexity index is 1650. The number of carboxylic acid groups (broad SMARTS) is 1. The van der Waals surface area contributed by atoms with Gasteiger partial charge in [-0.3, -0.25) is 9.59 Å². The van der Waals surface area contributed by atoms with Crippen LogP contribution in [0.4, 0.5) is 0 Å². The third-order valence-electron chi connectivity index (χ3n) is 8.13. The number of nitrogens with one attached hydrogen (secondary N) is 1. The number of carboxylic acids is 1. The van der Waals surface area contributed by atoms with E-state index in [9.17, 15) is 14.7 Å². The Morgan fingerprint density at radius 1 is 0.769 bits per heavy atom. The number of amides is 1. The number of aliphatic carboxylic acids is 1. The molecule has 0 aliphatic heterocycles. The smallest absolute Gasteiger partial charge is 0.306 e. The van der Waals surface area contributed by atoms with E-state index in [1.54, 1.807) is 0 Å². The number of aromatic nitrogens is 1. The van der Waals surface area contributed by atoms with Gasteiger partial charge in [-0.25, -0.2) is 0 Å². The van der Waals surface area contributed by atoms with Gasteiger partial charge in [-0.15, -0.1) is 0 Å². The Labute approximate surface area is 228 Å². The van der Waals surface area contributed by atoms with E-state index in [0.29, 0.717) is 37.4 Å². The van der Waals surface area contributed by atoms with Gasteiger partial charge in [-0.05, 0) is 83.3 Å². The van der Waals surface area contributed by atoms with Gasteiger partial charge in [0.05, 0.1) is 17.0 Å². The minimum absolute atomic E-state index is 0.0865. The molecule has 0 spiro atoms. The van der Waals surface area contributed by atoms with E-state index in [4.69, 9.17) is 0 Å². The topological polar surface area (TPSA) is 71.3 Å². The van der Waals surface area contributed by atoms with Crippen LogP contribution in [0.5, 0.6) is 0 Å². The maximum Gasteiger partial charge on any atom is 0.306 e. The predicted octanol–water partition coefficient (Wildman–Crippen LogP) is 7.13. The van der Waals surface area contributed by atoms with Crippen molar-refractivity contribution in [3.8, 4) is 11.1 Å². The van der Waals surface area contributed by atoms with Crippen molar-refractivity contribution in [1.82, 2.24) is 9.88 Å². The quantitative estimate of drug-likeness (QED) is 0.242. The molecule has 1 amide bonds. The van der Waals surface area contributed by atoms with E-state index in [1.165, 1.54) is 16.3 Å². The maximum atomic E-state index is 13.7. The van der Waals surface area contributed by atoms with Gasteiger partial charge in [-0.1, -0.05) is 66.7 Å². The summed E-state index contributed by atoms with van der Waals surface area (Å²) in [6.07, 6.45) is 5.08. The van der Waals surface area contributed by atoms with Crippen LogP contribution in [0.2, 0.25) is 0 Å². The lowest BCUT2D eigenvalue weighted by molar-refractivity contribution is -0.143. The molecule has 1 fully saturated rings. The molecule has 0 radical (unpaired) electrons. The van der Waals surface area contributed by atoms with Gasteiger partial charge in [-0.2, -0.15) is 0 Å². The van der Waals surface area contributed by atoms with Crippen molar-refractivity contribution in [2.45, 2.75) is 32.2 Å². The Hall–Kier alpha value is -4.38. The molecule has 1 aromatic heterocycles. The predicted molar refractivity (Wildman–Crippen MR) is 156 cm³/mol. The first kappa shape index (κ1) is 24.9. The average molecular weight is 517 g/mol. The van der Waals surface area contributed by atoms with Gasteiger partial charge in [0.1, 0.15) is 0 Å². The van der Waals surface area contributed by atoms with Crippen LogP contribution in [0.15, 0.2) is 97.2 Å². The second-order valence-corrected chi connectivity index (χ2v) is 10.7. The minimum atomic E-state index is -0.704. The lowest BCUT2D eigenvalue weighted by Crippen LogP contribution is -2.32. The number of carbonyl (C=O) groups excluding carboxylic acids is 1. The number of carbonyl (C=O) groups is 2. The second-order valence-electron chi connectivity index (χ2n) is 10.7. The highest BCUT2D eigenvalue weighted by Crippen LogP contribution is 2.31. The largest absolute Gasteiger partial charge is 0.481 e. The van der Waals surface area contributed by atoms with E-state index in [2.05, 4.69) is 82.8 Å². The second kappa shape index (κ2) is 10.8. The van der Waals surface area contributed by atoms with E-state index < -0.39 is 5.97 Å². The van der Waals surface area contributed by atoms with Gasteiger partial charge < -0.3 is 15.0 Å². The van der Waals surface area contributed by atoms with Crippen LogP contribution in [-0.4, -0.2) is 28.1 Å². The highest BCUT2D eigenvalue weighted by Gasteiger charge is 2.26. The number of hydrogen-bond acceptors (Lipinski definition) is 2. The molecular formula is C34H32N2O3. The highest BCUT2D eigenvalue weighted by molar-refractivity contribution is 6.08. The van der Waals surface area contributed by atoms with Crippen molar-refractivity contribution in [2.75, 3.05) is 6.54 Å². The van der Waals surface area contributed by atoms with Gasteiger partial charge in [0.15, 0.2) is 0 Å². The average Bonchev–Trinajstić information content (AvgIpc) is 3.38. The molecule has 0 atom stereocenters. The fourth-order valence-corrected chi connectivity index (χ4v) is 5.93. The van der Waals surface area contributed by atoms with E-state index in [0.717, 1.165) is 34.9 Å². The number of nitrogens with zero attached hydrogens (tertiary/aromatic N) is 1. The van der Waals surface area contributed by atoms with Crippen LogP contribution >= 0.6 is 0 Å². The summed E-state index contributed by atoms with van der Waals surface area (Å²) in [5, 5.41) is 15.9. The molecular weight excluding hydrogens is 484 g/mol. The number of benzene rings is 4. The van der Waals surface area contributed by atoms with Crippen LogP contribution in [-0.2, 0) is 11.3 Å². The SMILES string of the molecule is O=C(NCC1CCC(C(=O)O)CC1)c1cc(-c2ccccc2)cc2ccn(Cc3ccc4ccccc4c3)c12. The standard InChI is InChI=1S/C34H32N2O3/c37-33(35-21-23-10-14-27(15-11-23)34(38)39)31-20-30(25-6-2-1-3-7-25)19-29-16-17-36(32(29)31)22-24-12-13-26-8-4-5-9-28(26)18-24/h1-9,12-13,16-20,23,27H,10-11,14-15,21-22H2,(H,35,37)(H,38,39). The van der Waals surface area contributed by atoms with Crippen LogP contribution in [0.1, 0.15) is 41.6 Å². The molecule has 1 aliphatic rings. The molecule has 1 aliphatic carbocycles. The summed E-state index contributed by atoms with van der Waals surface area (Å²) < 4.78 is 2.17. The Morgan fingerprint density at radius 3 is 2.28 bits per heavy atom. The van der Waals surface area contributed by atoms with Crippen molar-refractivity contribution < 1.29 is 14.7 Å². The first-order valence-electron chi connectivity index (χ1n) is 13.7. The molecule has 5 aromatic rings. The molecule has 0 saturated heterocycles. The van der Waals surface area contributed by atoms with Crippen molar-refractivity contribution >= 4 is 33.6 Å². The van der Waals surface area contributed by atoms with Crippen LogP contribution in [0.3, 0.4) is 0 Å². The molecule has 0 unspecified atom stereocenters. The Morgan fingerprint density at radius 2 is 1.51 bits per heavy atom. The van der Waals surface area contributed by atoms with Crippen molar-refractivity contribution in [3.05, 3.63) is 108 Å². The molecule has 4 aromatic carbocycles. The normalized spacial score (nSPS) is 17.3. The van der Waals surface area contributed by atoms with E-state index in [-0.39, 0.29) is 11.8 Å². The summed E-state index contributed by atoms with van der Waals surface area (Å²) in [7, 11) is 0. The molecule has 2 N–H and O–H groups in total.